The van der Waals surface area contributed by atoms with E-state index in [1.807, 2.05) is 25.1 Å². The molecule has 0 N–H and O–H groups in total. The molecule has 1 fully saturated rings. The standard InChI is InChI=1S/C18H24N2O5/c1-12(24-11-14-6-4-5-9-23-14)18-19-17(20-25-18)13-7-8-15(21-2)16(10-13)22-3/h7-8,10,12,14H,4-6,9,11H2,1-3H3. The normalized spacial score (nSPS) is 18.8. The van der Waals surface area contributed by atoms with E-state index in [1.54, 1.807) is 14.2 Å². The lowest BCUT2D eigenvalue weighted by atomic mass is 10.1. The molecule has 2 unspecified atom stereocenters. The second kappa shape index (κ2) is 8.31. The molecule has 0 radical (unpaired) electrons. The Balaban J connectivity index is 1.65. The van der Waals surface area contributed by atoms with Crippen LogP contribution < -0.4 is 9.47 Å². The van der Waals surface area contributed by atoms with Gasteiger partial charge in [-0.2, -0.15) is 4.98 Å². The van der Waals surface area contributed by atoms with Crippen molar-refractivity contribution in [1.29, 1.82) is 0 Å². The van der Waals surface area contributed by atoms with Gasteiger partial charge in [-0.3, -0.25) is 0 Å². The molecular weight excluding hydrogens is 324 g/mol. The molecule has 2 atom stereocenters. The Bertz CT molecular complexity index is 682. The Morgan fingerprint density at radius 2 is 2.04 bits per heavy atom. The summed E-state index contributed by atoms with van der Waals surface area (Å²) in [5.41, 5.74) is 0.787. The van der Waals surface area contributed by atoms with Gasteiger partial charge in [0.1, 0.15) is 6.10 Å². The van der Waals surface area contributed by atoms with Crippen LogP contribution in [0, 0.1) is 0 Å². The number of nitrogens with zero attached hydrogens (tertiary/aromatic N) is 2. The molecule has 0 aliphatic carbocycles. The molecule has 0 amide bonds. The van der Waals surface area contributed by atoms with E-state index >= 15 is 0 Å². The summed E-state index contributed by atoms with van der Waals surface area (Å²) in [7, 11) is 3.19. The lowest BCUT2D eigenvalue weighted by Gasteiger charge is -2.23. The Kier molecular flexibility index (Phi) is 5.88. The van der Waals surface area contributed by atoms with Crippen molar-refractivity contribution in [3.8, 4) is 22.9 Å². The van der Waals surface area contributed by atoms with Crippen LogP contribution in [-0.2, 0) is 9.47 Å². The third-order valence-corrected chi connectivity index (χ3v) is 4.24. The zero-order chi connectivity index (χ0) is 17.6. The predicted molar refractivity (Wildman–Crippen MR) is 90.8 cm³/mol. The van der Waals surface area contributed by atoms with Gasteiger partial charge in [-0.15, -0.1) is 0 Å². The van der Waals surface area contributed by atoms with Crippen LogP contribution in [0.2, 0.25) is 0 Å². The Morgan fingerprint density at radius 1 is 1.20 bits per heavy atom. The number of benzene rings is 1. The van der Waals surface area contributed by atoms with Gasteiger partial charge in [-0.1, -0.05) is 5.16 Å². The van der Waals surface area contributed by atoms with Crippen molar-refractivity contribution in [3.63, 3.8) is 0 Å². The second-order valence-electron chi connectivity index (χ2n) is 5.99. The summed E-state index contributed by atoms with van der Waals surface area (Å²) in [6.45, 7) is 3.25. The van der Waals surface area contributed by atoms with Gasteiger partial charge in [0.15, 0.2) is 11.5 Å². The molecule has 0 spiro atoms. The fraction of sp³-hybridized carbons (Fsp3) is 0.556. The second-order valence-corrected chi connectivity index (χ2v) is 5.99. The Morgan fingerprint density at radius 3 is 2.76 bits per heavy atom. The highest BCUT2D eigenvalue weighted by molar-refractivity contribution is 5.60. The highest BCUT2D eigenvalue weighted by Crippen LogP contribution is 2.31. The van der Waals surface area contributed by atoms with Gasteiger partial charge in [-0.05, 0) is 44.4 Å². The first kappa shape index (κ1) is 17.7. The number of aromatic nitrogens is 2. The van der Waals surface area contributed by atoms with Crippen LogP contribution in [0.15, 0.2) is 22.7 Å². The quantitative estimate of drug-likeness (QED) is 0.759. The minimum Gasteiger partial charge on any atom is -0.493 e. The maximum absolute atomic E-state index is 5.83. The van der Waals surface area contributed by atoms with Crippen LogP contribution in [0.25, 0.3) is 11.4 Å². The highest BCUT2D eigenvalue weighted by Gasteiger charge is 2.20. The minimum atomic E-state index is -0.285. The summed E-state index contributed by atoms with van der Waals surface area (Å²) >= 11 is 0. The molecule has 1 aromatic carbocycles. The molecule has 25 heavy (non-hydrogen) atoms. The average Bonchev–Trinajstić information content (AvgIpc) is 3.16. The van der Waals surface area contributed by atoms with Gasteiger partial charge in [0.05, 0.1) is 26.9 Å². The van der Waals surface area contributed by atoms with Crippen LogP contribution in [-0.4, -0.2) is 43.7 Å². The van der Waals surface area contributed by atoms with Crippen LogP contribution in [0.5, 0.6) is 11.5 Å². The molecule has 1 aliphatic rings. The largest absolute Gasteiger partial charge is 0.493 e. The smallest absolute Gasteiger partial charge is 0.255 e. The summed E-state index contributed by atoms with van der Waals surface area (Å²) in [6, 6.07) is 5.48. The van der Waals surface area contributed by atoms with Crippen molar-refractivity contribution >= 4 is 0 Å². The lowest BCUT2D eigenvalue weighted by Crippen LogP contribution is -2.25. The molecule has 2 heterocycles. The van der Waals surface area contributed by atoms with E-state index in [2.05, 4.69) is 10.1 Å². The van der Waals surface area contributed by atoms with Gasteiger partial charge < -0.3 is 23.5 Å². The molecule has 7 nitrogen and oxygen atoms in total. The first-order valence-corrected chi connectivity index (χ1v) is 8.50. The van der Waals surface area contributed by atoms with Crippen molar-refractivity contribution in [3.05, 3.63) is 24.1 Å². The maximum atomic E-state index is 5.83. The zero-order valence-electron chi connectivity index (χ0n) is 14.9. The molecule has 1 aromatic heterocycles. The summed E-state index contributed by atoms with van der Waals surface area (Å²) in [5.74, 6) is 2.20. The molecule has 3 rings (SSSR count). The SMILES string of the molecule is COc1ccc(-c2noc(C(C)OCC3CCCCO3)n2)cc1OC. The van der Waals surface area contributed by atoms with Crippen LogP contribution in [0.3, 0.4) is 0 Å². The molecule has 2 aromatic rings. The molecule has 136 valence electrons. The maximum Gasteiger partial charge on any atom is 0.255 e. The topological polar surface area (TPSA) is 75.8 Å². The third-order valence-electron chi connectivity index (χ3n) is 4.24. The van der Waals surface area contributed by atoms with Crippen molar-refractivity contribution in [2.45, 2.75) is 38.4 Å². The zero-order valence-corrected chi connectivity index (χ0v) is 14.9. The van der Waals surface area contributed by atoms with Crippen molar-refractivity contribution < 1.29 is 23.5 Å². The number of hydrogen-bond acceptors (Lipinski definition) is 7. The highest BCUT2D eigenvalue weighted by atomic mass is 16.6. The van der Waals surface area contributed by atoms with Crippen LogP contribution in [0.4, 0.5) is 0 Å². The van der Waals surface area contributed by atoms with E-state index in [0.717, 1.165) is 25.0 Å². The van der Waals surface area contributed by atoms with Gasteiger partial charge in [0.2, 0.25) is 5.82 Å². The van der Waals surface area contributed by atoms with E-state index in [1.165, 1.54) is 6.42 Å². The van der Waals surface area contributed by atoms with Crippen molar-refractivity contribution in [2.24, 2.45) is 0 Å². The Hall–Kier alpha value is -2.12. The van der Waals surface area contributed by atoms with E-state index in [4.69, 9.17) is 23.5 Å². The number of ether oxygens (including phenoxy) is 4. The Labute approximate surface area is 147 Å². The lowest BCUT2D eigenvalue weighted by molar-refractivity contribution is -0.0656. The molecule has 0 bridgehead atoms. The van der Waals surface area contributed by atoms with E-state index in [-0.39, 0.29) is 12.2 Å². The monoisotopic (exact) mass is 348 g/mol. The molecule has 0 saturated carbocycles. The summed E-state index contributed by atoms with van der Waals surface area (Å²) in [6.07, 6.45) is 3.22. The first-order chi connectivity index (χ1) is 12.2. The average molecular weight is 348 g/mol. The molecule has 1 saturated heterocycles. The van der Waals surface area contributed by atoms with Gasteiger partial charge in [0, 0.05) is 12.2 Å². The number of hydrogen-bond donors (Lipinski definition) is 0. The number of rotatable bonds is 7. The first-order valence-electron chi connectivity index (χ1n) is 8.50. The predicted octanol–water partition coefficient (Wildman–Crippen LogP) is 3.40. The fourth-order valence-corrected chi connectivity index (χ4v) is 2.75. The minimum absolute atomic E-state index is 0.157. The van der Waals surface area contributed by atoms with Crippen molar-refractivity contribution in [2.75, 3.05) is 27.4 Å². The van der Waals surface area contributed by atoms with Gasteiger partial charge in [-0.25, -0.2) is 0 Å². The molecular formula is C18H24N2O5. The third kappa shape index (κ3) is 4.29. The molecule has 1 aliphatic heterocycles. The molecule has 7 heteroatoms. The van der Waals surface area contributed by atoms with E-state index in [0.29, 0.717) is 29.8 Å². The summed E-state index contributed by atoms with van der Waals surface area (Å²) in [4.78, 5) is 4.44. The fourth-order valence-electron chi connectivity index (χ4n) is 2.75. The van der Waals surface area contributed by atoms with Gasteiger partial charge in [0.25, 0.3) is 5.89 Å². The summed E-state index contributed by atoms with van der Waals surface area (Å²) < 4.78 is 27.4. The summed E-state index contributed by atoms with van der Waals surface area (Å²) in [5, 5.41) is 4.04. The van der Waals surface area contributed by atoms with Gasteiger partial charge >= 0.3 is 0 Å². The van der Waals surface area contributed by atoms with Crippen LogP contribution in [0.1, 0.15) is 38.2 Å². The van der Waals surface area contributed by atoms with E-state index < -0.39 is 0 Å². The van der Waals surface area contributed by atoms with Crippen molar-refractivity contribution in [1.82, 2.24) is 10.1 Å². The van der Waals surface area contributed by atoms with E-state index in [9.17, 15) is 0 Å². The number of methoxy groups -OCH3 is 2. The van der Waals surface area contributed by atoms with Crippen LogP contribution >= 0.6 is 0 Å².